The van der Waals surface area contributed by atoms with Gasteiger partial charge < -0.3 is 20.1 Å². The zero-order valence-electron chi connectivity index (χ0n) is 14.0. The summed E-state index contributed by atoms with van der Waals surface area (Å²) in [5.41, 5.74) is -0.703. The molecule has 2 amide bonds. The summed E-state index contributed by atoms with van der Waals surface area (Å²) < 4.78 is 1.23. The van der Waals surface area contributed by atoms with E-state index >= 15 is 0 Å². The maximum absolute atomic E-state index is 12.9. The first-order valence-corrected chi connectivity index (χ1v) is 8.00. The number of benzene rings is 1. The van der Waals surface area contributed by atoms with E-state index in [0.29, 0.717) is 0 Å². The maximum atomic E-state index is 12.9. The number of pyridine rings is 1. The van der Waals surface area contributed by atoms with Crippen LogP contribution in [0.1, 0.15) is 22.3 Å². The zero-order valence-corrected chi connectivity index (χ0v) is 14.0. The van der Waals surface area contributed by atoms with Gasteiger partial charge in [-0.1, -0.05) is 30.3 Å². The number of hydrogen-bond acceptors (Lipinski definition) is 5. The minimum atomic E-state index is -1.31. The monoisotopic (exact) mass is 369 g/mol. The summed E-state index contributed by atoms with van der Waals surface area (Å²) >= 11 is 0. The van der Waals surface area contributed by atoms with Gasteiger partial charge in [0.1, 0.15) is 17.5 Å². The molecule has 2 aromatic rings. The number of nitrogens with zero attached hydrogens (tertiary/aromatic N) is 2. The van der Waals surface area contributed by atoms with Gasteiger partial charge in [0.15, 0.2) is 5.75 Å². The summed E-state index contributed by atoms with van der Waals surface area (Å²) in [6.45, 7) is -0.641. The number of carboxylic acid groups (broad SMARTS) is 1. The lowest BCUT2D eigenvalue weighted by molar-refractivity contribution is -0.135. The number of aromatic hydroxyl groups is 1. The van der Waals surface area contributed by atoms with Crippen molar-refractivity contribution >= 4 is 23.9 Å². The van der Waals surface area contributed by atoms with E-state index in [1.807, 2.05) is 11.4 Å². The highest BCUT2D eigenvalue weighted by Gasteiger charge is 2.23. The molecule has 9 nitrogen and oxygen atoms in total. The highest BCUT2D eigenvalue weighted by molar-refractivity contribution is 5.98. The number of aliphatic carboxylic acids is 1. The predicted molar refractivity (Wildman–Crippen MR) is 92.7 cm³/mol. The molecule has 138 valence electrons. The normalized spacial score (nSPS) is 12.5. The van der Waals surface area contributed by atoms with Crippen molar-refractivity contribution in [1.29, 1.82) is 0 Å². The van der Waals surface area contributed by atoms with Crippen LogP contribution in [0, 0.1) is 0 Å². The molecule has 0 atom stereocenters. The van der Waals surface area contributed by atoms with Crippen LogP contribution in [-0.2, 0) is 16.1 Å². The van der Waals surface area contributed by atoms with Gasteiger partial charge >= 0.3 is 5.97 Å². The Morgan fingerprint density at radius 1 is 1.19 bits per heavy atom. The molecule has 1 aliphatic rings. The molecular weight excluding hydrogens is 354 g/mol. The number of carbonyl (C=O) groups is 3. The summed E-state index contributed by atoms with van der Waals surface area (Å²) in [7, 11) is 0. The Morgan fingerprint density at radius 2 is 1.89 bits per heavy atom. The molecule has 1 aromatic carbocycles. The fourth-order valence-electron chi connectivity index (χ4n) is 2.76. The second kappa shape index (κ2) is 7.24. The average Bonchev–Trinajstić information content (AvgIpc) is 2.64. The van der Waals surface area contributed by atoms with E-state index in [1.165, 1.54) is 10.6 Å². The van der Waals surface area contributed by atoms with Gasteiger partial charge in [-0.15, -0.1) is 0 Å². The third-order valence-corrected chi connectivity index (χ3v) is 3.97. The topological polar surface area (TPSA) is 138 Å². The van der Waals surface area contributed by atoms with Crippen molar-refractivity contribution in [3.05, 3.63) is 62.5 Å². The zero-order chi connectivity index (χ0) is 19.6. The highest BCUT2D eigenvalue weighted by Crippen LogP contribution is 2.08. The van der Waals surface area contributed by atoms with Gasteiger partial charge in [0.25, 0.3) is 11.5 Å². The molecule has 0 unspecified atom stereocenters. The van der Waals surface area contributed by atoms with Crippen molar-refractivity contribution in [3.63, 3.8) is 0 Å². The summed E-state index contributed by atoms with van der Waals surface area (Å²) in [5, 5.41) is 21.2. The molecule has 1 aromatic heterocycles. The van der Waals surface area contributed by atoms with Crippen LogP contribution in [0.3, 0.4) is 0 Å². The molecule has 0 radical (unpaired) electrons. The predicted octanol–water partition coefficient (Wildman–Crippen LogP) is -1.25. The number of rotatable bonds is 5. The number of nitrogens with one attached hydrogen (secondary N) is 1. The Bertz CT molecular complexity index is 1120. The van der Waals surface area contributed by atoms with E-state index in [0.717, 1.165) is 5.56 Å². The van der Waals surface area contributed by atoms with Crippen LogP contribution < -0.4 is 21.6 Å². The van der Waals surface area contributed by atoms with E-state index in [4.69, 9.17) is 5.11 Å². The van der Waals surface area contributed by atoms with Crippen LogP contribution in [-0.4, -0.2) is 39.1 Å². The summed E-state index contributed by atoms with van der Waals surface area (Å²) in [6, 6.07) is 8.93. The largest absolute Gasteiger partial charge is 0.505 e. The molecule has 27 heavy (non-hydrogen) atoms. The third-order valence-electron chi connectivity index (χ3n) is 3.97. The summed E-state index contributed by atoms with van der Waals surface area (Å²) in [6.07, 6.45) is 1.43. The van der Waals surface area contributed by atoms with Gasteiger partial charge in [0.2, 0.25) is 5.91 Å². The van der Waals surface area contributed by atoms with E-state index in [-0.39, 0.29) is 23.7 Å². The first-order valence-electron chi connectivity index (χ1n) is 8.00. The van der Waals surface area contributed by atoms with Crippen LogP contribution in [0.5, 0.6) is 5.75 Å². The van der Waals surface area contributed by atoms with Crippen LogP contribution in [0.25, 0.3) is 6.08 Å². The van der Waals surface area contributed by atoms with Crippen molar-refractivity contribution in [2.75, 3.05) is 6.54 Å². The Kier molecular flexibility index (Phi) is 4.84. The molecule has 3 rings (SSSR count). The SMILES string of the molecule is O=C(O)CNC(=O)c1c(O)c2c(n(Cc3ccccc3)c1=O)=CCC(=O)N=2. The Morgan fingerprint density at radius 3 is 2.56 bits per heavy atom. The van der Waals surface area contributed by atoms with Gasteiger partial charge in [-0.25, -0.2) is 4.99 Å². The number of fused-ring (bicyclic) bond motifs is 1. The Balaban J connectivity index is 2.23. The maximum Gasteiger partial charge on any atom is 0.322 e. The average molecular weight is 369 g/mol. The molecule has 0 fully saturated rings. The van der Waals surface area contributed by atoms with Gasteiger partial charge in [0.05, 0.1) is 11.9 Å². The molecule has 3 N–H and O–H groups in total. The molecule has 2 heterocycles. The van der Waals surface area contributed by atoms with Crippen LogP contribution >= 0.6 is 0 Å². The van der Waals surface area contributed by atoms with E-state index in [9.17, 15) is 24.3 Å². The molecule has 0 bridgehead atoms. The third kappa shape index (κ3) is 3.61. The van der Waals surface area contributed by atoms with Crippen molar-refractivity contribution in [2.45, 2.75) is 13.0 Å². The van der Waals surface area contributed by atoms with Gasteiger partial charge in [-0.05, 0) is 11.6 Å². The van der Waals surface area contributed by atoms with Crippen LogP contribution in [0.15, 0.2) is 40.1 Å². The summed E-state index contributed by atoms with van der Waals surface area (Å²) in [4.78, 5) is 51.2. The minimum Gasteiger partial charge on any atom is -0.505 e. The van der Waals surface area contributed by atoms with Gasteiger partial charge in [-0.2, -0.15) is 0 Å². The fraction of sp³-hybridized carbons (Fsp3) is 0.167. The fourth-order valence-corrected chi connectivity index (χ4v) is 2.76. The van der Waals surface area contributed by atoms with E-state index < -0.39 is 41.2 Å². The molecule has 0 spiro atoms. The van der Waals surface area contributed by atoms with Gasteiger partial charge in [0, 0.05) is 6.42 Å². The molecule has 1 aliphatic heterocycles. The van der Waals surface area contributed by atoms with Crippen molar-refractivity contribution < 1.29 is 24.6 Å². The van der Waals surface area contributed by atoms with Crippen molar-refractivity contribution in [3.8, 4) is 5.75 Å². The van der Waals surface area contributed by atoms with E-state index in [2.05, 4.69) is 4.99 Å². The Hall–Kier alpha value is -3.75. The van der Waals surface area contributed by atoms with E-state index in [1.54, 1.807) is 24.3 Å². The molecule has 0 saturated heterocycles. The molecule has 9 heteroatoms. The lowest BCUT2D eigenvalue weighted by Gasteiger charge is -2.14. The number of carbonyl (C=O) groups excluding carboxylic acids is 2. The number of carboxylic acids is 1. The molecule has 0 aliphatic carbocycles. The lowest BCUT2D eigenvalue weighted by Crippen LogP contribution is -2.49. The highest BCUT2D eigenvalue weighted by atomic mass is 16.4. The first-order chi connectivity index (χ1) is 12.9. The minimum absolute atomic E-state index is 0.0365. The van der Waals surface area contributed by atoms with Gasteiger partial charge in [-0.3, -0.25) is 19.2 Å². The first kappa shape index (κ1) is 18.1. The quantitative estimate of drug-likeness (QED) is 0.602. The standard InChI is InChI=1S/C18H15N3O6/c22-12-7-6-11-15(20-12)16(25)14(17(26)19-8-13(23)24)18(27)21(11)9-10-4-2-1-3-5-10/h1-6,25H,7-9H2,(H,19,26)(H,23,24). The molecule has 0 saturated carbocycles. The number of amides is 2. The molecular formula is C18H15N3O6. The summed E-state index contributed by atoms with van der Waals surface area (Å²) in [5.74, 6) is -3.64. The van der Waals surface area contributed by atoms with Crippen LogP contribution in [0.4, 0.5) is 0 Å². The van der Waals surface area contributed by atoms with Crippen molar-refractivity contribution in [2.24, 2.45) is 4.99 Å². The Labute approximate surface area is 151 Å². The second-order valence-corrected chi connectivity index (χ2v) is 5.82. The van der Waals surface area contributed by atoms with Crippen LogP contribution in [0.2, 0.25) is 0 Å². The van der Waals surface area contributed by atoms with Crippen molar-refractivity contribution in [1.82, 2.24) is 9.88 Å². The smallest absolute Gasteiger partial charge is 0.322 e. The second-order valence-electron chi connectivity index (χ2n) is 5.82. The number of aromatic nitrogens is 1. The lowest BCUT2D eigenvalue weighted by atomic mass is 10.1. The number of hydrogen-bond donors (Lipinski definition) is 3.